The number of carbonyl (C=O) groups excluding carboxylic acids is 3. The third kappa shape index (κ3) is 18.0. The monoisotopic (exact) mass is 786 g/mol. The molecule has 0 bridgehead atoms. The second-order valence-corrected chi connectivity index (χ2v) is 20.5. The van der Waals surface area contributed by atoms with Crippen LogP contribution in [-0.2, 0) is 23.6 Å². The van der Waals surface area contributed by atoms with Crippen LogP contribution in [0.1, 0.15) is 138 Å². The molecule has 0 saturated heterocycles. The fourth-order valence-electron chi connectivity index (χ4n) is 5.75. The van der Waals surface area contributed by atoms with Crippen molar-refractivity contribution < 1.29 is 23.6 Å². The molecule has 6 nitrogen and oxygen atoms in total. The fourth-order valence-corrected chi connectivity index (χ4v) is 11.6. The van der Waals surface area contributed by atoms with Crippen molar-refractivity contribution in [3.8, 4) is 0 Å². The van der Waals surface area contributed by atoms with Crippen molar-refractivity contribution in [1.82, 2.24) is 0 Å². The van der Waals surface area contributed by atoms with E-state index in [-0.39, 0.29) is 0 Å². The van der Waals surface area contributed by atoms with Crippen LogP contribution in [0.2, 0.25) is 4.94 Å². The van der Waals surface area contributed by atoms with Crippen molar-refractivity contribution >= 4 is 75.4 Å². The number of unbranched alkanes of at least 4 members (excludes halogenated alkanes) is 3. The van der Waals surface area contributed by atoms with Gasteiger partial charge in [0.25, 0.3) is 0 Å². The summed E-state index contributed by atoms with van der Waals surface area (Å²) in [6.45, 7) is 12.9. The number of hydrogen-bond acceptors (Lipinski definition) is 9. The SMILES string of the molecule is CCCCC(CC)CC(CS)C(=O)[O][Sn]([CH3])([O]C(=O)C(CS)CC(CC)CCCC)[O]C(=O)C(CS)CC(CC)CCCC. The van der Waals surface area contributed by atoms with Gasteiger partial charge in [-0.15, -0.1) is 0 Å². The third-order valence-electron chi connectivity index (χ3n) is 9.00. The Morgan fingerprint density at radius 1 is 0.523 bits per heavy atom. The quantitative estimate of drug-likeness (QED) is 0.0569. The number of hydrogen-bond donors (Lipinski definition) is 3. The van der Waals surface area contributed by atoms with E-state index in [1.807, 2.05) is 0 Å². The van der Waals surface area contributed by atoms with Gasteiger partial charge in [-0.2, -0.15) is 0 Å². The molecule has 0 N–H and O–H groups in total. The van der Waals surface area contributed by atoms with E-state index in [0.29, 0.717) is 54.3 Å². The Kier molecular flexibility index (Phi) is 26.4. The van der Waals surface area contributed by atoms with Gasteiger partial charge in [0.2, 0.25) is 0 Å². The molecule has 0 aliphatic rings. The van der Waals surface area contributed by atoms with Crippen molar-refractivity contribution in [2.75, 3.05) is 17.3 Å². The van der Waals surface area contributed by atoms with Crippen molar-refractivity contribution in [1.29, 1.82) is 0 Å². The summed E-state index contributed by atoms with van der Waals surface area (Å²) in [6.07, 6.45) is 14.5. The normalized spacial score (nSPS) is 17.0. The summed E-state index contributed by atoms with van der Waals surface area (Å²) in [7, 11) is 0. The first-order valence-electron chi connectivity index (χ1n) is 17.5. The van der Waals surface area contributed by atoms with Gasteiger partial charge in [-0.3, -0.25) is 0 Å². The van der Waals surface area contributed by atoms with Gasteiger partial charge in [0, 0.05) is 0 Å². The van der Waals surface area contributed by atoms with Crippen LogP contribution in [-0.4, -0.2) is 54.8 Å². The van der Waals surface area contributed by atoms with Crippen LogP contribution in [0.15, 0.2) is 0 Å². The molecule has 6 unspecified atom stereocenters. The van der Waals surface area contributed by atoms with Crippen molar-refractivity contribution in [3.05, 3.63) is 0 Å². The Labute approximate surface area is 292 Å². The standard InChI is InChI=1S/3C11H22O2S.CH3.Sn/c3*1-3-5-6-9(4-2)7-10(8-14)11(12)13;;/h3*9-10,14H,3-8H2,1-2H3,(H,12,13);1H3;/q;;;;+3/p-3. The number of thiol groups is 3. The van der Waals surface area contributed by atoms with E-state index < -0.39 is 55.3 Å². The zero-order valence-electron chi connectivity index (χ0n) is 29.0. The minimum absolute atomic E-state index is 0.315. The first-order valence-corrected chi connectivity index (χ1v) is 25.8. The molecule has 10 heteroatoms. The van der Waals surface area contributed by atoms with Crippen LogP contribution in [0.4, 0.5) is 0 Å². The van der Waals surface area contributed by atoms with E-state index in [4.69, 9.17) is 9.22 Å². The van der Waals surface area contributed by atoms with Crippen molar-refractivity contribution in [2.24, 2.45) is 35.5 Å². The minimum atomic E-state index is -5.05. The summed E-state index contributed by atoms with van der Waals surface area (Å²) >= 11 is 8.40. The van der Waals surface area contributed by atoms with Gasteiger partial charge in [-0.05, 0) is 0 Å². The molecular formula is C34H66O6S3Sn. The van der Waals surface area contributed by atoms with E-state index in [2.05, 4.69) is 79.4 Å². The van der Waals surface area contributed by atoms with E-state index >= 15 is 0 Å². The molecule has 260 valence electrons. The second kappa shape index (κ2) is 26.2. The van der Waals surface area contributed by atoms with Crippen molar-refractivity contribution in [2.45, 2.75) is 143 Å². The van der Waals surface area contributed by atoms with Crippen LogP contribution in [0.5, 0.6) is 0 Å². The topological polar surface area (TPSA) is 78.9 Å². The van der Waals surface area contributed by atoms with Crippen LogP contribution in [0.3, 0.4) is 0 Å². The predicted molar refractivity (Wildman–Crippen MR) is 196 cm³/mol. The molecule has 0 radical (unpaired) electrons. The van der Waals surface area contributed by atoms with Gasteiger partial charge in [0.1, 0.15) is 0 Å². The molecule has 6 atom stereocenters. The maximum absolute atomic E-state index is 13.6. The van der Waals surface area contributed by atoms with Crippen LogP contribution in [0, 0.1) is 35.5 Å². The Morgan fingerprint density at radius 3 is 0.955 bits per heavy atom. The first kappa shape index (κ1) is 44.3. The summed E-state index contributed by atoms with van der Waals surface area (Å²) in [5.41, 5.74) is 0. The average molecular weight is 786 g/mol. The molecule has 0 aromatic rings. The average Bonchev–Trinajstić information content (AvgIpc) is 3.01. The Balaban J connectivity index is 6.10. The van der Waals surface area contributed by atoms with Crippen LogP contribution in [0.25, 0.3) is 0 Å². The molecule has 0 fully saturated rings. The molecule has 0 rings (SSSR count). The summed E-state index contributed by atoms with van der Waals surface area (Å²) in [4.78, 5) is 42.4. The Morgan fingerprint density at radius 2 is 0.773 bits per heavy atom. The number of rotatable bonds is 27. The Hall–Kier alpha value is 0.259. The molecule has 0 aliphatic carbocycles. The summed E-state index contributed by atoms with van der Waals surface area (Å²) in [5, 5.41) is 0. The predicted octanol–water partition coefficient (Wildman–Crippen LogP) is 9.64. The van der Waals surface area contributed by atoms with Crippen molar-refractivity contribution in [3.63, 3.8) is 0 Å². The third-order valence-corrected chi connectivity index (χ3v) is 15.2. The molecule has 0 heterocycles. The molecule has 0 aromatic heterocycles. The molecular weight excluding hydrogens is 719 g/mol. The van der Waals surface area contributed by atoms with Gasteiger partial charge >= 0.3 is 295 Å². The van der Waals surface area contributed by atoms with Gasteiger partial charge in [0.15, 0.2) is 0 Å². The number of carbonyl (C=O) groups is 3. The summed E-state index contributed by atoms with van der Waals surface area (Å²) in [6, 6.07) is 0. The summed E-state index contributed by atoms with van der Waals surface area (Å²) in [5.74, 6) is -0.790. The van der Waals surface area contributed by atoms with E-state index in [0.717, 1.165) is 77.0 Å². The van der Waals surface area contributed by atoms with Crippen LogP contribution >= 0.6 is 37.9 Å². The maximum atomic E-state index is 13.6. The van der Waals surface area contributed by atoms with Gasteiger partial charge in [-0.25, -0.2) is 0 Å². The second-order valence-electron chi connectivity index (χ2n) is 12.7. The van der Waals surface area contributed by atoms with Gasteiger partial charge in [0.05, 0.1) is 0 Å². The zero-order chi connectivity index (χ0) is 33.5. The molecule has 0 aromatic carbocycles. The Bertz CT molecular complexity index is 688. The van der Waals surface area contributed by atoms with E-state index in [1.165, 1.54) is 0 Å². The first-order chi connectivity index (χ1) is 21.0. The molecule has 0 amide bonds. The van der Waals surface area contributed by atoms with E-state index in [1.54, 1.807) is 4.94 Å². The van der Waals surface area contributed by atoms with E-state index in [9.17, 15) is 14.4 Å². The zero-order valence-corrected chi connectivity index (χ0v) is 34.5. The molecule has 0 spiro atoms. The molecule has 0 aliphatic heterocycles. The summed E-state index contributed by atoms with van der Waals surface area (Å²) < 4.78 is 18.2. The van der Waals surface area contributed by atoms with Gasteiger partial charge in [-0.1, -0.05) is 0 Å². The molecule has 0 saturated carbocycles. The fraction of sp³-hybridized carbons (Fsp3) is 0.912. The van der Waals surface area contributed by atoms with Gasteiger partial charge < -0.3 is 0 Å². The van der Waals surface area contributed by atoms with Crippen LogP contribution < -0.4 is 0 Å². The molecule has 44 heavy (non-hydrogen) atoms.